The lowest BCUT2D eigenvalue weighted by Gasteiger charge is -2.09. The van der Waals surface area contributed by atoms with Gasteiger partial charge in [-0.05, 0) is 25.0 Å². The van der Waals surface area contributed by atoms with Crippen molar-refractivity contribution in [1.29, 1.82) is 0 Å². The first-order valence-corrected chi connectivity index (χ1v) is 8.31. The summed E-state index contributed by atoms with van der Waals surface area (Å²) in [6.07, 6.45) is 8.96. The molecule has 128 valence electrons. The number of pyridine rings is 1. The third-order valence-electron chi connectivity index (χ3n) is 4.25. The summed E-state index contributed by atoms with van der Waals surface area (Å²) in [5, 5.41) is 15.4. The van der Waals surface area contributed by atoms with Gasteiger partial charge in [-0.3, -0.25) is 4.79 Å². The van der Waals surface area contributed by atoms with Crippen molar-refractivity contribution < 1.29 is 4.79 Å². The van der Waals surface area contributed by atoms with Crippen LogP contribution in [0.3, 0.4) is 0 Å². The van der Waals surface area contributed by atoms with Crippen LogP contribution in [-0.4, -0.2) is 40.4 Å². The molecule has 0 aliphatic carbocycles. The van der Waals surface area contributed by atoms with Crippen LogP contribution in [0.1, 0.15) is 41.3 Å². The molecule has 0 atom stereocenters. The summed E-state index contributed by atoms with van der Waals surface area (Å²) in [7, 11) is 0. The van der Waals surface area contributed by atoms with Gasteiger partial charge in [0, 0.05) is 24.7 Å². The highest BCUT2D eigenvalue weighted by molar-refractivity contribution is 5.94. The quantitative estimate of drug-likeness (QED) is 0.758. The van der Waals surface area contributed by atoms with Crippen LogP contribution in [0.25, 0.3) is 5.82 Å². The average Bonchev–Trinajstić information content (AvgIpc) is 3.25. The first-order valence-electron chi connectivity index (χ1n) is 8.31. The van der Waals surface area contributed by atoms with E-state index in [1.165, 1.54) is 23.8 Å². The van der Waals surface area contributed by atoms with E-state index in [0.29, 0.717) is 17.9 Å². The zero-order valence-electron chi connectivity index (χ0n) is 13.7. The summed E-state index contributed by atoms with van der Waals surface area (Å²) in [6.45, 7) is 1.27. The maximum Gasteiger partial charge on any atom is 0.251 e. The molecule has 3 aromatic rings. The third-order valence-corrected chi connectivity index (χ3v) is 4.25. The maximum atomic E-state index is 12.5. The largest absolute Gasteiger partial charge is 0.345 e. The summed E-state index contributed by atoms with van der Waals surface area (Å²) >= 11 is 0. The van der Waals surface area contributed by atoms with E-state index in [0.717, 1.165) is 37.5 Å². The highest BCUT2D eigenvalue weighted by Crippen LogP contribution is 2.14. The maximum absolute atomic E-state index is 12.5. The van der Waals surface area contributed by atoms with E-state index in [-0.39, 0.29) is 5.91 Å². The molecule has 0 radical (unpaired) electrons. The number of hydrogen-bond acceptors (Lipinski definition) is 6. The van der Waals surface area contributed by atoms with Gasteiger partial charge in [0.1, 0.15) is 18.5 Å². The lowest BCUT2D eigenvalue weighted by atomic mass is 10.2. The van der Waals surface area contributed by atoms with Crippen molar-refractivity contribution in [3.8, 4) is 5.82 Å². The fourth-order valence-corrected chi connectivity index (χ4v) is 2.95. The normalized spacial score (nSPS) is 13.9. The lowest BCUT2D eigenvalue weighted by molar-refractivity contribution is 0.0949. The van der Waals surface area contributed by atoms with Gasteiger partial charge >= 0.3 is 0 Å². The monoisotopic (exact) mass is 338 g/mol. The molecule has 0 bridgehead atoms. The van der Waals surface area contributed by atoms with Crippen molar-refractivity contribution in [2.24, 2.45) is 0 Å². The molecule has 1 N–H and O–H groups in total. The van der Waals surface area contributed by atoms with E-state index in [1.807, 2.05) is 0 Å². The molecule has 1 aliphatic rings. The van der Waals surface area contributed by atoms with Crippen LogP contribution in [0.4, 0.5) is 0 Å². The Morgan fingerprint density at radius 3 is 3.08 bits per heavy atom. The van der Waals surface area contributed by atoms with Crippen molar-refractivity contribution in [1.82, 2.24) is 39.8 Å². The van der Waals surface area contributed by atoms with Crippen LogP contribution in [-0.2, 0) is 19.5 Å². The zero-order chi connectivity index (χ0) is 17.1. The third kappa shape index (κ3) is 3.25. The number of nitrogens with one attached hydrogen (secondary N) is 1. The van der Waals surface area contributed by atoms with Gasteiger partial charge in [0.25, 0.3) is 5.91 Å². The minimum atomic E-state index is -0.185. The minimum Gasteiger partial charge on any atom is -0.345 e. The van der Waals surface area contributed by atoms with Gasteiger partial charge in [-0.15, -0.1) is 10.2 Å². The van der Waals surface area contributed by atoms with Crippen LogP contribution < -0.4 is 5.32 Å². The Labute approximate surface area is 144 Å². The Morgan fingerprint density at radius 2 is 2.20 bits per heavy atom. The molecule has 0 saturated heterocycles. The molecule has 0 unspecified atom stereocenters. The van der Waals surface area contributed by atoms with Crippen molar-refractivity contribution in [3.05, 3.63) is 48.2 Å². The second-order valence-electron chi connectivity index (χ2n) is 5.92. The first kappa shape index (κ1) is 15.4. The predicted octanol–water partition coefficient (Wildman–Crippen LogP) is 0.910. The number of carbonyl (C=O) groups is 1. The van der Waals surface area contributed by atoms with Crippen LogP contribution >= 0.6 is 0 Å². The van der Waals surface area contributed by atoms with Crippen molar-refractivity contribution >= 4 is 5.91 Å². The number of hydrogen-bond donors (Lipinski definition) is 1. The Kier molecular flexibility index (Phi) is 4.19. The fourth-order valence-electron chi connectivity index (χ4n) is 2.95. The molecule has 1 amide bonds. The Morgan fingerprint density at radius 1 is 1.24 bits per heavy atom. The van der Waals surface area contributed by atoms with Crippen molar-refractivity contribution in [2.45, 2.75) is 38.8 Å². The second kappa shape index (κ2) is 6.80. The number of nitrogens with zero attached hydrogens (tertiary/aromatic N) is 7. The molecule has 4 rings (SSSR count). The average molecular weight is 338 g/mol. The van der Waals surface area contributed by atoms with Gasteiger partial charge in [-0.1, -0.05) is 6.42 Å². The standard InChI is InChI=1S/C16H18N8O/c25-16(12-5-6-18-14(8-12)24-11-17-10-20-24)19-9-15-22-21-13-4-2-1-3-7-23(13)15/h5-6,8,10-11H,1-4,7,9H2,(H,19,25). The fraction of sp³-hybridized carbons (Fsp3) is 0.375. The predicted molar refractivity (Wildman–Crippen MR) is 87.9 cm³/mol. The number of aryl methyl sites for hydroxylation is 1. The van der Waals surface area contributed by atoms with E-state index in [4.69, 9.17) is 0 Å². The van der Waals surface area contributed by atoms with Gasteiger partial charge in [-0.2, -0.15) is 5.10 Å². The van der Waals surface area contributed by atoms with Crippen molar-refractivity contribution in [3.63, 3.8) is 0 Å². The van der Waals surface area contributed by atoms with Gasteiger partial charge in [-0.25, -0.2) is 14.6 Å². The van der Waals surface area contributed by atoms with E-state index < -0.39 is 0 Å². The Bertz CT molecular complexity index is 870. The molecule has 0 saturated carbocycles. The molecular formula is C16H18N8O. The highest BCUT2D eigenvalue weighted by Gasteiger charge is 2.15. The number of rotatable bonds is 4. The molecule has 25 heavy (non-hydrogen) atoms. The smallest absolute Gasteiger partial charge is 0.251 e. The molecule has 0 aromatic carbocycles. The van der Waals surface area contributed by atoms with Crippen LogP contribution in [0.2, 0.25) is 0 Å². The Balaban J connectivity index is 1.46. The SMILES string of the molecule is O=C(NCc1nnc2n1CCCCC2)c1ccnc(-n2cncn2)c1. The molecular weight excluding hydrogens is 320 g/mol. The topological polar surface area (TPSA) is 103 Å². The zero-order valence-corrected chi connectivity index (χ0v) is 13.7. The minimum absolute atomic E-state index is 0.185. The Hall–Kier alpha value is -3.10. The van der Waals surface area contributed by atoms with Crippen LogP contribution in [0, 0.1) is 0 Å². The lowest BCUT2D eigenvalue weighted by Crippen LogP contribution is -2.25. The number of aromatic nitrogens is 7. The van der Waals surface area contributed by atoms with Gasteiger partial charge in [0.2, 0.25) is 0 Å². The summed E-state index contributed by atoms with van der Waals surface area (Å²) in [5.41, 5.74) is 0.510. The van der Waals surface area contributed by atoms with E-state index >= 15 is 0 Å². The molecule has 4 heterocycles. The summed E-state index contributed by atoms with van der Waals surface area (Å²) < 4.78 is 3.63. The molecule has 0 fully saturated rings. The van der Waals surface area contributed by atoms with Gasteiger partial charge in [0.15, 0.2) is 11.6 Å². The summed E-state index contributed by atoms with van der Waals surface area (Å²) in [6, 6.07) is 3.34. The highest BCUT2D eigenvalue weighted by atomic mass is 16.1. The van der Waals surface area contributed by atoms with Crippen LogP contribution in [0.15, 0.2) is 31.0 Å². The van der Waals surface area contributed by atoms with E-state index in [1.54, 1.807) is 18.3 Å². The molecule has 9 nitrogen and oxygen atoms in total. The summed E-state index contributed by atoms with van der Waals surface area (Å²) in [4.78, 5) is 20.5. The first-order chi connectivity index (χ1) is 12.3. The van der Waals surface area contributed by atoms with E-state index in [9.17, 15) is 4.79 Å². The molecule has 0 spiro atoms. The van der Waals surface area contributed by atoms with E-state index in [2.05, 4.69) is 35.1 Å². The summed E-state index contributed by atoms with van der Waals surface area (Å²) in [5.74, 6) is 2.17. The van der Waals surface area contributed by atoms with Gasteiger partial charge < -0.3 is 9.88 Å². The van der Waals surface area contributed by atoms with Gasteiger partial charge in [0.05, 0.1) is 6.54 Å². The molecule has 9 heteroatoms. The molecule has 1 aliphatic heterocycles. The number of fused-ring (bicyclic) bond motifs is 1. The second-order valence-corrected chi connectivity index (χ2v) is 5.92. The van der Waals surface area contributed by atoms with Crippen LogP contribution in [0.5, 0.6) is 0 Å². The number of carbonyl (C=O) groups excluding carboxylic acids is 1. The molecule has 3 aromatic heterocycles. The number of amides is 1. The van der Waals surface area contributed by atoms with Crippen molar-refractivity contribution in [2.75, 3.05) is 0 Å².